The number of thioether (sulfide) groups is 1. The first-order valence-corrected chi connectivity index (χ1v) is 7.02. The van der Waals surface area contributed by atoms with Gasteiger partial charge in [0.15, 0.2) is 5.17 Å². The fourth-order valence-electron chi connectivity index (χ4n) is 2.50. The van der Waals surface area contributed by atoms with E-state index in [2.05, 4.69) is 31.1 Å². The summed E-state index contributed by atoms with van der Waals surface area (Å²) in [7, 11) is 0. The minimum absolute atomic E-state index is 0.658. The third-order valence-corrected chi connectivity index (χ3v) is 4.84. The number of hydrogen-bond donors (Lipinski definition) is 1. The maximum absolute atomic E-state index is 4.54. The van der Waals surface area contributed by atoms with E-state index in [4.69, 9.17) is 0 Å². The molecule has 2 nitrogen and oxygen atoms in total. The van der Waals surface area contributed by atoms with Crippen molar-refractivity contribution in [3.63, 3.8) is 0 Å². The molecule has 0 aromatic heterocycles. The molecule has 0 amide bonds. The van der Waals surface area contributed by atoms with Crippen molar-refractivity contribution in [2.45, 2.75) is 51.3 Å². The molecular weight excluding hydrogens is 204 g/mol. The van der Waals surface area contributed by atoms with Crippen molar-refractivity contribution in [2.24, 2.45) is 16.8 Å². The Hall–Kier alpha value is -0.180. The molecule has 1 aliphatic carbocycles. The molecule has 1 saturated carbocycles. The number of nitrogens with zero attached hydrogens (tertiary/aromatic N) is 1. The Labute approximate surface area is 97.3 Å². The normalized spacial score (nSPS) is 41.4. The van der Waals surface area contributed by atoms with Gasteiger partial charge in [-0.15, -0.1) is 0 Å². The Bertz CT molecular complexity index is 252. The highest BCUT2D eigenvalue weighted by Crippen LogP contribution is 2.30. The van der Waals surface area contributed by atoms with Crippen LogP contribution in [-0.2, 0) is 0 Å². The van der Waals surface area contributed by atoms with Crippen LogP contribution in [0.2, 0.25) is 0 Å². The van der Waals surface area contributed by atoms with Gasteiger partial charge in [-0.2, -0.15) is 0 Å². The summed E-state index contributed by atoms with van der Waals surface area (Å²) in [6, 6.07) is 0.658. The lowest BCUT2D eigenvalue weighted by Gasteiger charge is -2.35. The summed E-state index contributed by atoms with van der Waals surface area (Å²) >= 11 is 1.90. The van der Waals surface area contributed by atoms with E-state index < -0.39 is 0 Å². The summed E-state index contributed by atoms with van der Waals surface area (Å²) in [4.78, 5) is 4.54. The van der Waals surface area contributed by atoms with Crippen LogP contribution in [0.1, 0.15) is 40.0 Å². The summed E-state index contributed by atoms with van der Waals surface area (Å²) in [6.45, 7) is 8.00. The van der Waals surface area contributed by atoms with Gasteiger partial charge < -0.3 is 5.32 Å². The van der Waals surface area contributed by atoms with E-state index in [0.29, 0.717) is 11.3 Å². The lowest BCUT2D eigenvalue weighted by Crippen LogP contribution is -2.42. The highest BCUT2D eigenvalue weighted by Gasteiger charge is 2.28. The minimum Gasteiger partial charge on any atom is -0.362 e. The Morgan fingerprint density at radius 1 is 1.27 bits per heavy atom. The molecule has 4 atom stereocenters. The molecule has 0 aromatic carbocycles. The summed E-state index contributed by atoms with van der Waals surface area (Å²) in [5.41, 5.74) is 0. The van der Waals surface area contributed by atoms with Gasteiger partial charge in [-0.1, -0.05) is 45.4 Å². The van der Waals surface area contributed by atoms with E-state index in [-0.39, 0.29) is 0 Å². The van der Waals surface area contributed by atoms with Gasteiger partial charge in [0.25, 0.3) is 0 Å². The molecule has 2 aliphatic rings. The molecule has 3 heteroatoms. The molecule has 1 heterocycles. The molecule has 4 unspecified atom stereocenters. The molecular formula is C12H22N2S. The first kappa shape index (κ1) is 11.3. The van der Waals surface area contributed by atoms with Gasteiger partial charge in [0, 0.05) is 11.3 Å². The largest absolute Gasteiger partial charge is 0.362 e. The SMILES string of the molecule is CC1CN=C(NC2CCCC(C)C2C)S1. The predicted molar refractivity (Wildman–Crippen MR) is 68.5 cm³/mol. The third-order valence-electron chi connectivity index (χ3n) is 3.82. The van der Waals surface area contributed by atoms with Gasteiger partial charge in [0.2, 0.25) is 0 Å². The quantitative estimate of drug-likeness (QED) is 0.743. The van der Waals surface area contributed by atoms with Crippen molar-refractivity contribution < 1.29 is 0 Å². The Morgan fingerprint density at radius 2 is 2.07 bits per heavy atom. The van der Waals surface area contributed by atoms with E-state index in [9.17, 15) is 0 Å². The number of rotatable bonds is 1. The number of nitrogens with one attached hydrogen (secondary N) is 1. The molecule has 2 rings (SSSR count). The number of hydrogen-bond acceptors (Lipinski definition) is 3. The average Bonchev–Trinajstić information content (AvgIpc) is 2.59. The zero-order chi connectivity index (χ0) is 10.8. The first-order valence-electron chi connectivity index (χ1n) is 6.14. The van der Waals surface area contributed by atoms with Crippen molar-refractivity contribution in [1.82, 2.24) is 5.32 Å². The molecule has 0 saturated heterocycles. The molecule has 0 bridgehead atoms. The van der Waals surface area contributed by atoms with Crippen molar-refractivity contribution >= 4 is 16.9 Å². The maximum Gasteiger partial charge on any atom is 0.157 e. The molecule has 0 radical (unpaired) electrons. The molecule has 1 fully saturated rings. The lowest BCUT2D eigenvalue weighted by atomic mass is 9.78. The van der Waals surface area contributed by atoms with E-state index in [1.165, 1.54) is 24.4 Å². The summed E-state index contributed by atoms with van der Waals surface area (Å²) in [6.07, 6.45) is 4.09. The fraction of sp³-hybridized carbons (Fsp3) is 0.917. The zero-order valence-electron chi connectivity index (χ0n) is 9.99. The molecule has 15 heavy (non-hydrogen) atoms. The van der Waals surface area contributed by atoms with Crippen LogP contribution in [0.4, 0.5) is 0 Å². The topological polar surface area (TPSA) is 24.4 Å². The average molecular weight is 226 g/mol. The van der Waals surface area contributed by atoms with E-state index in [1.807, 2.05) is 11.8 Å². The van der Waals surface area contributed by atoms with Crippen LogP contribution in [0, 0.1) is 11.8 Å². The van der Waals surface area contributed by atoms with Crippen LogP contribution in [0.25, 0.3) is 0 Å². The minimum atomic E-state index is 0.658. The van der Waals surface area contributed by atoms with E-state index in [1.54, 1.807) is 0 Å². The van der Waals surface area contributed by atoms with Gasteiger partial charge in [0.1, 0.15) is 0 Å². The van der Waals surface area contributed by atoms with Gasteiger partial charge in [-0.3, -0.25) is 4.99 Å². The lowest BCUT2D eigenvalue weighted by molar-refractivity contribution is 0.225. The van der Waals surface area contributed by atoms with Gasteiger partial charge in [-0.05, 0) is 18.3 Å². The molecule has 86 valence electrons. The van der Waals surface area contributed by atoms with E-state index in [0.717, 1.165) is 18.4 Å². The van der Waals surface area contributed by atoms with Crippen LogP contribution >= 0.6 is 11.8 Å². The molecule has 1 N–H and O–H groups in total. The highest BCUT2D eigenvalue weighted by molar-refractivity contribution is 8.14. The highest BCUT2D eigenvalue weighted by atomic mass is 32.2. The van der Waals surface area contributed by atoms with Crippen molar-refractivity contribution in [3.8, 4) is 0 Å². The fourth-order valence-corrected chi connectivity index (χ4v) is 3.40. The van der Waals surface area contributed by atoms with Gasteiger partial charge in [0.05, 0.1) is 6.54 Å². The molecule has 0 spiro atoms. The van der Waals surface area contributed by atoms with Crippen LogP contribution < -0.4 is 5.32 Å². The standard InChI is InChI=1S/C12H22N2S/c1-8-5-4-6-11(10(8)3)14-12-13-7-9(2)15-12/h8-11H,4-7H2,1-3H3,(H,13,14). The summed E-state index contributed by atoms with van der Waals surface area (Å²) in [5, 5.41) is 5.50. The van der Waals surface area contributed by atoms with Crippen LogP contribution in [0.15, 0.2) is 4.99 Å². The number of amidine groups is 1. The zero-order valence-corrected chi connectivity index (χ0v) is 10.8. The summed E-state index contributed by atoms with van der Waals surface area (Å²) in [5.74, 6) is 1.65. The third kappa shape index (κ3) is 2.68. The van der Waals surface area contributed by atoms with Crippen LogP contribution in [0.3, 0.4) is 0 Å². The Kier molecular flexibility index (Phi) is 3.60. The van der Waals surface area contributed by atoms with Gasteiger partial charge in [-0.25, -0.2) is 0 Å². The monoisotopic (exact) mass is 226 g/mol. The molecule has 1 aliphatic heterocycles. The second-order valence-electron chi connectivity index (χ2n) is 5.09. The van der Waals surface area contributed by atoms with Crippen molar-refractivity contribution in [3.05, 3.63) is 0 Å². The van der Waals surface area contributed by atoms with Crippen molar-refractivity contribution in [2.75, 3.05) is 6.54 Å². The van der Waals surface area contributed by atoms with Crippen LogP contribution in [-0.4, -0.2) is 23.0 Å². The first-order chi connectivity index (χ1) is 7.16. The maximum atomic E-state index is 4.54. The second-order valence-corrected chi connectivity index (χ2v) is 6.52. The second kappa shape index (κ2) is 4.77. The van der Waals surface area contributed by atoms with Gasteiger partial charge >= 0.3 is 0 Å². The van der Waals surface area contributed by atoms with E-state index >= 15 is 0 Å². The van der Waals surface area contributed by atoms with Crippen LogP contribution in [0.5, 0.6) is 0 Å². The Morgan fingerprint density at radius 3 is 2.73 bits per heavy atom. The number of aliphatic imine (C=N–C) groups is 1. The Balaban J connectivity index is 1.88. The summed E-state index contributed by atoms with van der Waals surface area (Å²) < 4.78 is 0. The smallest absolute Gasteiger partial charge is 0.157 e. The van der Waals surface area contributed by atoms with Crippen molar-refractivity contribution in [1.29, 1.82) is 0 Å². The molecule has 0 aromatic rings. The predicted octanol–water partition coefficient (Wildman–Crippen LogP) is 2.89.